The van der Waals surface area contributed by atoms with E-state index in [1.54, 1.807) is 7.11 Å². The Morgan fingerprint density at radius 1 is 1.10 bits per heavy atom. The number of hydrogen-bond donors (Lipinski definition) is 1. The molecule has 3 aromatic rings. The fourth-order valence-corrected chi connectivity index (χ4v) is 4.06. The number of hydrogen-bond acceptors (Lipinski definition) is 5. The van der Waals surface area contributed by atoms with E-state index in [9.17, 15) is 4.79 Å². The number of thioether (sulfide) groups is 1. The third-order valence-corrected chi connectivity index (χ3v) is 6.07. The summed E-state index contributed by atoms with van der Waals surface area (Å²) in [6.45, 7) is 1.34. The highest BCUT2D eigenvalue weighted by Gasteiger charge is 2.30. The van der Waals surface area contributed by atoms with Crippen LogP contribution in [-0.4, -0.2) is 40.1 Å². The van der Waals surface area contributed by atoms with Gasteiger partial charge in [-0.15, -0.1) is 10.2 Å². The molecule has 2 aromatic carbocycles. The molecular formula is C23H26N4O2S. The van der Waals surface area contributed by atoms with E-state index in [0.717, 1.165) is 29.7 Å². The maximum atomic E-state index is 12.3. The zero-order chi connectivity index (χ0) is 20.8. The van der Waals surface area contributed by atoms with Gasteiger partial charge in [-0.05, 0) is 42.5 Å². The molecule has 1 aromatic heterocycles. The van der Waals surface area contributed by atoms with Crippen LogP contribution in [0.25, 0.3) is 0 Å². The molecule has 1 aliphatic carbocycles. The standard InChI is InChI=1S/C23H26N4O2S/c1-29-20-11-7-17(8-12-20)13-14-24-21(28)16-30-23-26-25-22(19-9-10-19)27(23)15-18-5-3-2-4-6-18/h2-8,11-12,19H,9-10,13-16H2,1H3,(H,24,28). The average molecular weight is 423 g/mol. The van der Waals surface area contributed by atoms with Crippen molar-refractivity contribution in [1.82, 2.24) is 20.1 Å². The molecule has 0 unspecified atom stereocenters. The summed E-state index contributed by atoms with van der Waals surface area (Å²) in [5.41, 5.74) is 2.38. The highest BCUT2D eigenvalue weighted by atomic mass is 32.2. The van der Waals surface area contributed by atoms with Crippen molar-refractivity contribution in [2.75, 3.05) is 19.4 Å². The zero-order valence-electron chi connectivity index (χ0n) is 17.1. The molecule has 0 bridgehead atoms. The molecule has 4 rings (SSSR count). The van der Waals surface area contributed by atoms with Crippen LogP contribution in [-0.2, 0) is 17.8 Å². The molecule has 1 saturated carbocycles. The van der Waals surface area contributed by atoms with E-state index in [4.69, 9.17) is 4.74 Å². The minimum absolute atomic E-state index is 0.00995. The van der Waals surface area contributed by atoms with Gasteiger partial charge < -0.3 is 14.6 Å². The molecule has 0 radical (unpaired) electrons. The van der Waals surface area contributed by atoms with Gasteiger partial charge in [-0.1, -0.05) is 54.2 Å². The van der Waals surface area contributed by atoms with Crippen molar-refractivity contribution in [2.45, 2.75) is 36.9 Å². The summed E-state index contributed by atoms with van der Waals surface area (Å²) in [6.07, 6.45) is 3.13. The number of nitrogens with one attached hydrogen (secondary N) is 1. The number of carbonyl (C=O) groups is 1. The highest BCUT2D eigenvalue weighted by molar-refractivity contribution is 7.99. The van der Waals surface area contributed by atoms with Gasteiger partial charge in [-0.25, -0.2) is 0 Å². The smallest absolute Gasteiger partial charge is 0.230 e. The fraction of sp³-hybridized carbons (Fsp3) is 0.348. The number of carbonyl (C=O) groups excluding carboxylic acids is 1. The van der Waals surface area contributed by atoms with Gasteiger partial charge in [0, 0.05) is 12.5 Å². The van der Waals surface area contributed by atoms with E-state index in [1.165, 1.54) is 35.7 Å². The van der Waals surface area contributed by atoms with Crippen molar-refractivity contribution in [2.24, 2.45) is 0 Å². The Kier molecular flexibility index (Phi) is 6.69. The van der Waals surface area contributed by atoms with Gasteiger partial charge in [-0.2, -0.15) is 0 Å². The second kappa shape index (κ2) is 9.80. The lowest BCUT2D eigenvalue weighted by atomic mass is 10.1. The van der Waals surface area contributed by atoms with Gasteiger partial charge in [0.15, 0.2) is 5.16 Å². The van der Waals surface area contributed by atoms with Crippen LogP contribution in [0.2, 0.25) is 0 Å². The van der Waals surface area contributed by atoms with Gasteiger partial charge in [0.25, 0.3) is 0 Å². The van der Waals surface area contributed by atoms with Crippen molar-refractivity contribution < 1.29 is 9.53 Å². The summed E-state index contributed by atoms with van der Waals surface area (Å²) < 4.78 is 7.34. The molecule has 1 amide bonds. The predicted molar refractivity (Wildman–Crippen MR) is 118 cm³/mol. The van der Waals surface area contributed by atoms with Crippen LogP contribution >= 0.6 is 11.8 Å². The fourth-order valence-electron chi connectivity index (χ4n) is 3.28. The second-order valence-corrected chi connectivity index (χ2v) is 8.37. The quantitative estimate of drug-likeness (QED) is 0.505. The Labute approximate surface area is 181 Å². The number of ether oxygens (including phenoxy) is 1. The van der Waals surface area contributed by atoms with Gasteiger partial charge in [0.05, 0.1) is 19.4 Å². The third kappa shape index (κ3) is 5.42. The lowest BCUT2D eigenvalue weighted by Crippen LogP contribution is -2.27. The summed E-state index contributed by atoms with van der Waals surface area (Å²) >= 11 is 1.45. The molecule has 0 atom stereocenters. The Morgan fingerprint density at radius 2 is 1.87 bits per heavy atom. The van der Waals surface area contributed by atoms with Crippen molar-refractivity contribution in [3.63, 3.8) is 0 Å². The first kappa shape index (κ1) is 20.5. The Morgan fingerprint density at radius 3 is 2.57 bits per heavy atom. The molecule has 7 heteroatoms. The Bertz CT molecular complexity index is 969. The lowest BCUT2D eigenvalue weighted by Gasteiger charge is -2.10. The topological polar surface area (TPSA) is 69.0 Å². The number of amides is 1. The van der Waals surface area contributed by atoms with E-state index in [1.807, 2.05) is 42.5 Å². The van der Waals surface area contributed by atoms with E-state index < -0.39 is 0 Å². The van der Waals surface area contributed by atoms with Gasteiger partial charge in [0.1, 0.15) is 11.6 Å². The molecule has 1 heterocycles. The molecule has 156 valence electrons. The zero-order valence-corrected chi connectivity index (χ0v) is 17.9. The first-order valence-corrected chi connectivity index (χ1v) is 11.2. The summed E-state index contributed by atoms with van der Waals surface area (Å²) in [5.74, 6) is 2.73. The van der Waals surface area contributed by atoms with E-state index >= 15 is 0 Å². The lowest BCUT2D eigenvalue weighted by molar-refractivity contribution is -0.118. The molecule has 1 aliphatic rings. The maximum Gasteiger partial charge on any atom is 0.230 e. The largest absolute Gasteiger partial charge is 0.497 e. The number of aromatic nitrogens is 3. The third-order valence-electron chi connectivity index (χ3n) is 5.10. The van der Waals surface area contributed by atoms with Crippen LogP contribution in [0.1, 0.15) is 35.7 Å². The number of methoxy groups -OCH3 is 1. The number of nitrogens with zero attached hydrogens (tertiary/aromatic N) is 3. The summed E-state index contributed by atoms with van der Waals surface area (Å²) in [7, 11) is 1.65. The van der Waals surface area contributed by atoms with Gasteiger partial charge in [-0.3, -0.25) is 4.79 Å². The van der Waals surface area contributed by atoms with Crippen molar-refractivity contribution in [3.8, 4) is 5.75 Å². The first-order chi connectivity index (χ1) is 14.7. The van der Waals surface area contributed by atoms with Crippen molar-refractivity contribution in [1.29, 1.82) is 0 Å². The molecule has 30 heavy (non-hydrogen) atoms. The van der Waals surface area contributed by atoms with E-state index in [-0.39, 0.29) is 5.91 Å². The van der Waals surface area contributed by atoms with Crippen LogP contribution in [0.15, 0.2) is 59.8 Å². The van der Waals surface area contributed by atoms with Crippen molar-refractivity contribution in [3.05, 3.63) is 71.5 Å². The maximum absolute atomic E-state index is 12.3. The Balaban J connectivity index is 1.30. The van der Waals surface area contributed by atoms with E-state index in [0.29, 0.717) is 18.2 Å². The number of benzene rings is 2. The summed E-state index contributed by atoms with van der Waals surface area (Å²) in [6, 6.07) is 18.2. The summed E-state index contributed by atoms with van der Waals surface area (Å²) in [4.78, 5) is 12.3. The van der Waals surface area contributed by atoms with Crippen LogP contribution in [0.5, 0.6) is 5.75 Å². The average Bonchev–Trinajstić information content (AvgIpc) is 3.55. The summed E-state index contributed by atoms with van der Waals surface area (Å²) in [5, 5.41) is 12.6. The minimum atomic E-state index is 0.00995. The monoisotopic (exact) mass is 422 g/mol. The normalized spacial score (nSPS) is 13.2. The molecule has 6 nitrogen and oxygen atoms in total. The van der Waals surface area contributed by atoms with Crippen LogP contribution in [0.4, 0.5) is 0 Å². The number of rotatable bonds is 10. The molecule has 1 fully saturated rings. The van der Waals surface area contributed by atoms with Crippen molar-refractivity contribution >= 4 is 17.7 Å². The molecular weight excluding hydrogens is 396 g/mol. The Hall–Kier alpha value is -2.80. The minimum Gasteiger partial charge on any atom is -0.497 e. The molecule has 0 saturated heterocycles. The molecule has 0 spiro atoms. The molecule has 1 N–H and O–H groups in total. The van der Waals surface area contributed by atoms with Crippen LogP contribution in [0, 0.1) is 0 Å². The van der Waals surface area contributed by atoms with Crippen LogP contribution in [0.3, 0.4) is 0 Å². The first-order valence-electron chi connectivity index (χ1n) is 10.2. The van der Waals surface area contributed by atoms with Crippen LogP contribution < -0.4 is 10.1 Å². The highest BCUT2D eigenvalue weighted by Crippen LogP contribution is 2.40. The SMILES string of the molecule is COc1ccc(CCNC(=O)CSc2nnc(C3CC3)n2Cc2ccccc2)cc1. The molecule has 0 aliphatic heterocycles. The predicted octanol–water partition coefficient (Wildman–Crippen LogP) is 3.66. The van der Waals surface area contributed by atoms with E-state index in [2.05, 4.69) is 32.2 Å². The van der Waals surface area contributed by atoms with Gasteiger partial charge >= 0.3 is 0 Å². The van der Waals surface area contributed by atoms with Gasteiger partial charge in [0.2, 0.25) is 5.91 Å². The second-order valence-electron chi connectivity index (χ2n) is 7.42.